The molecule has 1 fully saturated rings. The van der Waals surface area contributed by atoms with Crippen LogP contribution in [0.2, 0.25) is 5.02 Å². The molecule has 1 unspecified atom stereocenters. The topological polar surface area (TPSA) is 58.4 Å². The predicted octanol–water partition coefficient (Wildman–Crippen LogP) is 1.87. The number of benzene rings is 1. The van der Waals surface area contributed by atoms with E-state index in [0.717, 1.165) is 31.1 Å². The molecule has 5 heteroatoms. The Bertz CT molecular complexity index is 478. The van der Waals surface area contributed by atoms with E-state index in [1.807, 2.05) is 6.07 Å². The van der Waals surface area contributed by atoms with Crippen LogP contribution in [0.5, 0.6) is 0 Å². The molecule has 1 heterocycles. The molecule has 4 nitrogen and oxygen atoms in total. The van der Waals surface area contributed by atoms with E-state index >= 15 is 0 Å². The molecule has 1 amide bonds. The number of rotatable bonds is 6. The molecule has 1 aromatic carbocycles. The lowest BCUT2D eigenvalue weighted by Gasteiger charge is -2.14. The molecule has 0 bridgehead atoms. The molecule has 2 rings (SSSR count). The minimum atomic E-state index is -0.447. The van der Waals surface area contributed by atoms with Gasteiger partial charge in [0.1, 0.15) is 0 Å². The molecule has 3 N–H and O–H groups in total. The number of nitrogens with zero attached hydrogens (tertiary/aromatic N) is 1. The second-order valence-corrected chi connectivity index (χ2v) is 5.76. The van der Waals surface area contributed by atoms with Crippen LogP contribution >= 0.6 is 11.6 Å². The third kappa shape index (κ3) is 3.95. The van der Waals surface area contributed by atoms with Crippen LogP contribution in [-0.2, 0) is 6.54 Å². The van der Waals surface area contributed by atoms with Crippen LogP contribution in [0.4, 0.5) is 0 Å². The van der Waals surface area contributed by atoms with Crippen molar-refractivity contribution in [2.24, 2.45) is 11.7 Å². The summed E-state index contributed by atoms with van der Waals surface area (Å²) in [6, 6.07) is 5.22. The van der Waals surface area contributed by atoms with Gasteiger partial charge in [0.2, 0.25) is 5.91 Å². The Morgan fingerprint density at radius 3 is 2.95 bits per heavy atom. The fourth-order valence-corrected chi connectivity index (χ4v) is 2.87. The Morgan fingerprint density at radius 2 is 2.35 bits per heavy atom. The van der Waals surface area contributed by atoms with Crippen LogP contribution in [0.1, 0.15) is 29.3 Å². The van der Waals surface area contributed by atoms with Gasteiger partial charge < -0.3 is 16.0 Å². The molecule has 0 spiro atoms. The van der Waals surface area contributed by atoms with Crippen molar-refractivity contribution in [1.82, 2.24) is 10.2 Å². The van der Waals surface area contributed by atoms with Gasteiger partial charge in [0, 0.05) is 23.7 Å². The molecule has 0 aromatic heterocycles. The maximum atomic E-state index is 11.1. The highest BCUT2D eigenvalue weighted by Crippen LogP contribution is 2.18. The summed E-state index contributed by atoms with van der Waals surface area (Å²) in [5.74, 6) is 0.274. The van der Waals surface area contributed by atoms with Gasteiger partial charge in [-0.15, -0.1) is 0 Å². The third-order valence-corrected chi connectivity index (χ3v) is 4.26. The zero-order chi connectivity index (χ0) is 14.5. The van der Waals surface area contributed by atoms with Crippen molar-refractivity contribution < 1.29 is 4.79 Å². The number of carbonyl (C=O) groups excluding carboxylic acids is 1. The lowest BCUT2D eigenvalue weighted by atomic mass is 10.1. The van der Waals surface area contributed by atoms with E-state index < -0.39 is 5.91 Å². The molecule has 110 valence electrons. The number of halogens is 1. The minimum Gasteiger partial charge on any atom is -0.366 e. The van der Waals surface area contributed by atoms with Crippen molar-refractivity contribution in [3.63, 3.8) is 0 Å². The Labute approximate surface area is 125 Å². The molecule has 1 saturated heterocycles. The van der Waals surface area contributed by atoms with Gasteiger partial charge in [-0.3, -0.25) is 4.79 Å². The first-order chi connectivity index (χ1) is 9.60. The second-order valence-electron chi connectivity index (χ2n) is 5.35. The van der Waals surface area contributed by atoms with Gasteiger partial charge in [0.25, 0.3) is 0 Å². The summed E-state index contributed by atoms with van der Waals surface area (Å²) in [4.78, 5) is 13.5. The van der Waals surface area contributed by atoms with E-state index in [1.165, 1.54) is 19.5 Å². The average molecular weight is 296 g/mol. The van der Waals surface area contributed by atoms with Gasteiger partial charge in [0.05, 0.1) is 0 Å². The number of likely N-dealkylation sites (tertiary alicyclic amines) is 1. The standard InChI is InChI=1S/C15H22ClN3O/c1-2-19-6-5-11(10-19)8-18-9-13-4-3-12(15(17)20)7-14(13)16/h3-4,7,11,18H,2,5-6,8-10H2,1H3,(H2,17,20). The largest absolute Gasteiger partial charge is 0.366 e. The summed E-state index contributed by atoms with van der Waals surface area (Å²) in [6.07, 6.45) is 1.26. The number of amides is 1. The van der Waals surface area contributed by atoms with Crippen molar-refractivity contribution in [2.75, 3.05) is 26.2 Å². The Hall–Kier alpha value is -1.10. The van der Waals surface area contributed by atoms with Crippen molar-refractivity contribution in [2.45, 2.75) is 19.9 Å². The first kappa shape index (κ1) is 15.3. The van der Waals surface area contributed by atoms with Crippen molar-refractivity contribution in [1.29, 1.82) is 0 Å². The highest BCUT2D eigenvalue weighted by atomic mass is 35.5. The summed E-state index contributed by atoms with van der Waals surface area (Å²) in [7, 11) is 0. The van der Waals surface area contributed by atoms with E-state index in [0.29, 0.717) is 10.6 Å². The van der Waals surface area contributed by atoms with Gasteiger partial charge in [-0.1, -0.05) is 24.6 Å². The molecular formula is C15H22ClN3O. The monoisotopic (exact) mass is 295 g/mol. The van der Waals surface area contributed by atoms with Crippen molar-refractivity contribution >= 4 is 17.5 Å². The number of nitrogens with one attached hydrogen (secondary N) is 1. The van der Waals surface area contributed by atoms with Gasteiger partial charge in [0.15, 0.2) is 0 Å². The molecule has 0 aliphatic carbocycles. The number of carbonyl (C=O) groups is 1. The van der Waals surface area contributed by atoms with Gasteiger partial charge in [-0.25, -0.2) is 0 Å². The molecule has 1 aromatic rings. The summed E-state index contributed by atoms with van der Waals surface area (Å²) in [6.45, 7) is 7.45. The first-order valence-corrected chi connectivity index (χ1v) is 7.49. The highest BCUT2D eigenvalue weighted by Gasteiger charge is 2.20. The molecule has 0 saturated carbocycles. The molecule has 1 aliphatic rings. The molecule has 1 aliphatic heterocycles. The maximum absolute atomic E-state index is 11.1. The van der Waals surface area contributed by atoms with Crippen molar-refractivity contribution in [3.8, 4) is 0 Å². The smallest absolute Gasteiger partial charge is 0.248 e. The zero-order valence-corrected chi connectivity index (χ0v) is 12.6. The number of hydrogen-bond donors (Lipinski definition) is 2. The Morgan fingerprint density at radius 1 is 1.55 bits per heavy atom. The third-order valence-electron chi connectivity index (χ3n) is 3.90. The van der Waals surface area contributed by atoms with Gasteiger partial charge in [-0.05, 0) is 49.7 Å². The van der Waals surface area contributed by atoms with Gasteiger partial charge >= 0.3 is 0 Å². The van der Waals surface area contributed by atoms with Crippen LogP contribution in [0.15, 0.2) is 18.2 Å². The molecule has 20 heavy (non-hydrogen) atoms. The molecule has 1 atom stereocenters. The first-order valence-electron chi connectivity index (χ1n) is 7.11. The lowest BCUT2D eigenvalue weighted by molar-refractivity contribution is 0.100. The van der Waals surface area contributed by atoms with Crippen LogP contribution in [0, 0.1) is 5.92 Å². The SMILES string of the molecule is CCN1CCC(CNCc2ccc(C(N)=O)cc2Cl)C1. The normalized spacial score (nSPS) is 19.4. The summed E-state index contributed by atoms with van der Waals surface area (Å²) in [5, 5.41) is 4.04. The van der Waals surface area contributed by atoms with Crippen LogP contribution in [-0.4, -0.2) is 37.0 Å². The Kier molecular flexibility index (Phi) is 5.40. The maximum Gasteiger partial charge on any atom is 0.248 e. The van der Waals surface area contributed by atoms with E-state index in [9.17, 15) is 4.79 Å². The fraction of sp³-hybridized carbons (Fsp3) is 0.533. The number of hydrogen-bond acceptors (Lipinski definition) is 3. The Balaban J connectivity index is 1.81. The molecular weight excluding hydrogens is 274 g/mol. The minimum absolute atomic E-state index is 0.447. The summed E-state index contributed by atoms with van der Waals surface area (Å²) >= 11 is 6.16. The van der Waals surface area contributed by atoms with E-state index in [2.05, 4.69) is 17.1 Å². The van der Waals surface area contributed by atoms with Crippen LogP contribution < -0.4 is 11.1 Å². The van der Waals surface area contributed by atoms with Crippen LogP contribution in [0.3, 0.4) is 0 Å². The van der Waals surface area contributed by atoms with E-state index in [-0.39, 0.29) is 0 Å². The summed E-state index contributed by atoms with van der Waals surface area (Å²) in [5.41, 5.74) is 6.68. The quantitative estimate of drug-likeness (QED) is 0.842. The lowest BCUT2D eigenvalue weighted by Crippen LogP contribution is -2.26. The van der Waals surface area contributed by atoms with Crippen molar-refractivity contribution in [3.05, 3.63) is 34.3 Å². The van der Waals surface area contributed by atoms with Crippen LogP contribution in [0.25, 0.3) is 0 Å². The zero-order valence-electron chi connectivity index (χ0n) is 11.9. The van der Waals surface area contributed by atoms with Gasteiger partial charge in [-0.2, -0.15) is 0 Å². The predicted molar refractivity (Wildman–Crippen MR) is 81.9 cm³/mol. The van der Waals surface area contributed by atoms with E-state index in [4.69, 9.17) is 17.3 Å². The average Bonchev–Trinajstić information content (AvgIpc) is 2.88. The second kappa shape index (κ2) is 7.07. The van der Waals surface area contributed by atoms with E-state index in [1.54, 1.807) is 12.1 Å². The highest BCUT2D eigenvalue weighted by molar-refractivity contribution is 6.31. The molecule has 0 radical (unpaired) electrons. The summed E-state index contributed by atoms with van der Waals surface area (Å²) < 4.78 is 0. The number of primary amides is 1. The number of nitrogens with two attached hydrogens (primary N) is 1. The fourth-order valence-electron chi connectivity index (χ4n) is 2.62.